The van der Waals surface area contributed by atoms with E-state index in [1.165, 1.54) is 0 Å². The Hall–Kier alpha value is -1.82. The minimum atomic E-state index is -0.249. The summed E-state index contributed by atoms with van der Waals surface area (Å²) in [6.45, 7) is 8.04. The van der Waals surface area contributed by atoms with Crippen molar-refractivity contribution in [3.8, 4) is 5.88 Å². The van der Waals surface area contributed by atoms with Gasteiger partial charge in [-0.3, -0.25) is 4.99 Å². The number of nitrogens with zero attached hydrogens (tertiary/aromatic N) is 2. The van der Waals surface area contributed by atoms with Crippen molar-refractivity contribution in [3.05, 3.63) is 23.9 Å². The molecule has 0 saturated carbocycles. The molecular formula is C16H28N4O2. The van der Waals surface area contributed by atoms with Crippen LogP contribution in [0.4, 0.5) is 0 Å². The van der Waals surface area contributed by atoms with E-state index in [0.29, 0.717) is 25.6 Å². The van der Waals surface area contributed by atoms with Gasteiger partial charge in [0, 0.05) is 39.0 Å². The number of ether oxygens (including phenoxy) is 2. The molecule has 0 bridgehead atoms. The second kappa shape index (κ2) is 9.25. The summed E-state index contributed by atoms with van der Waals surface area (Å²) < 4.78 is 11.0. The van der Waals surface area contributed by atoms with Gasteiger partial charge >= 0.3 is 0 Å². The van der Waals surface area contributed by atoms with Gasteiger partial charge in [0.15, 0.2) is 5.96 Å². The van der Waals surface area contributed by atoms with E-state index in [9.17, 15) is 0 Å². The third kappa shape index (κ3) is 6.30. The molecule has 0 atom stereocenters. The van der Waals surface area contributed by atoms with Crippen molar-refractivity contribution < 1.29 is 9.47 Å². The molecule has 0 aromatic carbocycles. The average molecular weight is 308 g/mol. The summed E-state index contributed by atoms with van der Waals surface area (Å²) in [5.74, 6) is 1.39. The number of pyridine rings is 1. The molecule has 1 aromatic rings. The van der Waals surface area contributed by atoms with Gasteiger partial charge in [-0.05, 0) is 26.3 Å². The molecule has 22 heavy (non-hydrogen) atoms. The molecule has 0 radical (unpaired) electrons. The molecule has 6 nitrogen and oxygen atoms in total. The van der Waals surface area contributed by atoms with Crippen molar-refractivity contribution in [2.75, 3.05) is 27.3 Å². The molecule has 1 heterocycles. The van der Waals surface area contributed by atoms with Crippen LogP contribution in [0.3, 0.4) is 0 Å². The van der Waals surface area contributed by atoms with Gasteiger partial charge in [-0.25, -0.2) is 4.98 Å². The Labute approximate surface area is 133 Å². The van der Waals surface area contributed by atoms with Crippen LogP contribution in [0.15, 0.2) is 23.3 Å². The van der Waals surface area contributed by atoms with E-state index in [4.69, 9.17) is 9.47 Å². The Morgan fingerprint density at radius 3 is 2.77 bits per heavy atom. The molecule has 1 aromatic heterocycles. The summed E-state index contributed by atoms with van der Waals surface area (Å²) in [6.07, 6.45) is 2.70. The highest BCUT2D eigenvalue weighted by Gasteiger charge is 2.16. The molecule has 0 amide bonds. The van der Waals surface area contributed by atoms with Crippen LogP contribution in [0.1, 0.15) is 32.8 Å². The predicted octanol–water partition coefficient (Wildman–Crippen LogP) is 1.96. The Morgan fingerprint density at radius 1 is 1.36 bits per heavy atom. The second-order valence-electron chi connectivity index (χ2n) is 5.56. The first kappa shape index (κ1) is 18.2. The van der Waals surface area contributed by atoms with Gasteiger partial charge < -0.3 is 20.1 Å². The highest BCUT2D eigenvalue weighted by molar-refractivity contribution is 5.79. The molecule has 0 fully saturated rings. The minimum Gasteiger partial charge on any atom is -0.477 e. The number of nitrogens with one attached hydrogen (secondary N) is 2. The number of hydrogen-bond acceptors (Lipinski definition) is 4. The summed E-state index contributed by atoms with van der Waals surface area (Å²) >= 11 is 0. The average Bonchev–Trinajstić information content (AvgIpc) is 2.54. The SMILES string of the molecule is CCCOc1ncccc1CNC(=NC)NCC(C)(C)OC. The maximum absolute atomic E-state index is 5.65. The quantitative estimate of drug-likeness (QED) is 0.567. The Bertz CT molecular complexity index is 475. The number of methoxy groups -OCH3 is 1. The molecule has 2 N–H and O–H groups in total. The fourth-order valence-corrected chi connectivity index (χ4v) is 1.66. The lowest BCUT2D eigenvalue weighted by atomic mass is 10.1. The number of hydrogen-bond donors (Lipinski definition) is 2. The van der Waals surface area contributed by atoms with Crippen LogP contribution in [0.25, 0.3) is 0 Å². The molecule has 6 heteroatoms. The van der Waals surface area contributed by atoms with E-state index in [0.717, 1.165) is 17.9 Å². The lowest BCUT2D eigenvalue weighted by Crippen LogP contribution is -2.45. The van der Waals surface area contributed by atoms with Crippen molar-refractivity contribution in [2.24, 2.45) is 4.99 Å². The highest BCUT2D eigenvalue weighted by atomic mass is 16.5. The monoisotopic (exact) mass is 308 g/mol. The number of rotatable bonds is 8. The van der Waals surface area contributed by atoms with E-state index in [1.807, 2.05) is 26.0 Å². The fourth-order valence-electron chi connectivity index (χ4n) is 1.66. The van der Waals surface area contributed by atoms with Gasteiger partial charge in [0.05, 0.1) is 12.2 Å². The van der Waals surface area contributed by atoms with Crippen LogP contribution < -0.4 is 15.4 Å². The third-order valence-corrected chi connectivity index (χ3v) is 3.20. The molecule has 0 unspecified atom stereocenters. The first-order valence-corrected chi connectivity index (χ1v) is 7.58. The van der Waals surface area contributed by atoms with E-state index >= 15 is 0 Å². The zero-order chi connectivity index (χ0) is 16.4. The van der Waals surface area contributed by atoms with E-state index < -0.39 is 0 Å². The fraction of sp³-hybridized carbons (Fsp3) is 0.625. The Kier molecular flexibility index (Phi) is 7.66. The lowest BCUT2D eigenvalue weighted by Gasteiger charge is -2.24. The number of aliphatic imine (C=N–C) groups is 1. The summed E-state index contributed by atoms with van der Waals surface area (Å²) in [7, 11) is 3.44. The first-order chi connectivity index (χ1) is 10.5. The molecule has 0 saturated heterocycles. The maximum Gasteiger partial charge on any atom is 0.218 e. The molecular weight excluding hydrogens is 280 g/mol. The molecule has 0 aliphatic rings. The van der Waals surface area contributed by atoms with Crippen molar-refractivity contribution in [1.82, 2.24) is 15.6 Å². The second-order valence-corrected chi connectivity index (χ2v) is 5.56. The van der Waals surface area contributed by atoms with Crippen LogP contribution in [0.2, 0.25) is 0 Å². The van der Waals surface area contributed by atoms with Crippen LogP contribution in [-0.4, -0.2) is 43.9 Å². The first-order valence-electron chi connectivity index (χ1n) is 7.58. The van der Waals surface area contributed by atoms with Crippen LogP contribution >= 0.6 is 0 Å². The maximum atomic E-state index is 5.65. The van der Waals surface area contributed by atoms with E-state index in [2.05, 4.69) is 27.5 Å². The summed E-state index contributed by atoms with van der Waals surface area (Å²) in [4.78, 5) is 8.49. The normalized spacial score (nSPS) is 12.1. The highest BCUT2D eigenvalue weighted by Crippen LogP contribution is 2.14. The van der Waals surface area contributed by atoms with E-state index in [1.54, 1.807) is 20.4 Å². The predicted molar refractivity (Wildman–Crippen MR) is 89.3 cm³/mol. The topological polar surface area (TPSA) is 67.8 Å². The molecule has 124 valence electrons. The zero-order valence-corrected chi connectivity index (χ0v) is 14.3. The minimum absolute atomic E-state index is 0.249. The van der Waals surface area contributed by atoms with Crippen LogP contribution in [0, 0.1) is 0 Å². The smallest absolute Gasteiger partial charge is 0.218 e. The Balaban J connectivity index is 2.56. The molecule has 0 aliphatic carbocycles. The van der Waals surface area contributed by atoms with Gasteiger partial charge in [-0.1, -0.05) is 13.0 Å². The summed E-state index contributed by atoms with van der Waals surface area (Å²) in [5, 5.41) is 6.51. The molecule has 0 spiro atoms. The standard InChI is InChI=1S/C16H28N4O2/c1-6-10-22-14-13(8-7-9-18-14)11-19-15(17-4)20-12-16(2,3)21-5/h7-9H,6,10-12H2,1-5H3,(H2,17,19,20). The summed E-state index contributed by atoms with van der Waals surface area (Å²) in [5.41, 5.74) is 0.756. The van der Waals surface area contributed by atoms with Gasteiger partial charge in [-0.2, -0.15) is 0 Å². The van der Waals surface area contributed by atoms with Crippen molar-refractivity contribution in [3.63, 3.8) is 0 Å². The molecule has 0 aliphatic heterocycles. The zero-order valence-electron chi connectivity index (χ0n) is 14.3. The number of aromatic nitrogens is 1. The van der Waals surface area contributed by atoms with Gasteiger partial charge in [0.25, 0.3) is 0 Å². The van der Waals surface area contributed by atoms with Gasteiger partial charge in [0.2, 0.25) is 5.88 Å². The van der Waals surface area contributed by atoms with Crippen molar-refractivity contribution >= 4 is 5.96 Å². The van der Waals surface area contributed by atoms with Gasteiger partial charge in [-0.15, -0.1) is 0 Å². The molecule has 1 rings (SSSR count). The number of guanidine groups is 1. The van der Waals surface area contributed by atoms with Crippen LogP contribution in [-0.2, 0) is 11.3 Å². The Morgan fingerprint density at radius 2 is 2.14 bits per heavy atom. The van der Waals surface area contributed by atoms with Crippen LogP contribution in [0.5, 0.6) is 5.88 Å². The van der Waals surface area contributed by atoms with Gasteiger partial charge in [0.1, 0.15) is 0 Å². The van der Waals surface area contributed by atoms with Crippen molar-refractivity contribution in [2.45, 2.75) is 39.3 Å². The third-order valence-electron chi connectivity index (χ3n) is 3.20. The van der Waals surface area contributed by atoms with Crippen molar-refractivity contribution in [1.29, 1.82) is 0 Å². The largest absolute Gasteiger partial charge is 0.477 e. The lowest BCUT2D eigenvalue weighted by molar-refractivity contribution is 0.0268. The summed E-state index contributed by atoms with van der Waals surface area (Å²) in [6, 6.07) is 3.90. The van der Waals surface area contributed by atoms with E-state index in [-0.39, 0.29) is 5.60 Å².